The van der Waals surface area contributed by atoms with Crippen molar-refractivity contribution in [2.45, 2.75) is 20.3 Å². The summed E-state index contributed by atoms with van der Waals surface area (Å²) in [5, 5.41) is 7.59. The van der Waals surface area contributed by atoms with E-state index in [1.807, 2.05) is 13.8 Å². The molecule has 0 aromatic carbocycles. The Morgan fingerprint density at radius 3 is 2.65 bits per heavy atom. The van der Waals surface area contributed by atoms with Gasteiger partial charge in [-0.05, 0) is 20.3 Å². The first-order valence-electron chi connectivity index (χ1n) is 6.58. The van der Waals surface area contributed by atoms with Gasteiger partial charge in [-0.1, -0.05) is 0 Å². The number of hydrogen-bond donors (Lipinski definition) is 2. The third-order valence-corrected chi connectivity index (χ3v) is 2.68. The van der Waals surface area contributed by atoms with Crippen LogP contribution in [0.25, 0.3) is 0 Å². The lowest BCUT2D eigenvalue weighted by atomic mass is 10.1. The predicted octanol–water partition coefficient (Wildman–Crippen LogP) is 1.41. The maximum Gasteiger partial charge on any atom is 0.133 e. The Balaban J connectivity index is 2.49. The third kappa shape index (κ3) is 5.14. The second-order valence-electron chi connectivity index (χ2n) is 4.44. The molecule has 0 aliphatic heterocycles. The highest BCUT2D eigenvalue weighted by Gasteiger charge is 2.12. The molecule has 3 N–H and O–H groups in total. The number of nitrogen functional groups attached to an aromatic ring is 1. The van der Waals surface area contributed by atoms with Crippen LogP contribution in [0.15, 0.2) is 6.07 Å². The number of amidine groups is 1. The largest absolute Gasteiger partial charge is 0.490 e. The molecule has 0 saturated heterocycles. The maximum atomic E-state index is 7.59. The van der Waals surface area contributed by atoms with Crippen LogP contribution in [0.2, 0.25) is 0 Å². The molecule has 6 nitrogen and oxygen atoms in total. The fourth-order valence-electron chi connectivity index (χ4n) is 1.85. The molecular formula is C14H23N3O3. The van der Waals surface area contributed by atoms with Gasteiger partial charge in [-0.15, -0.1) is 0 Å². The SMILES string of the molecule is COCCCOCCOc1cc(C)nc(C)c1C(=N)N. The van der Waals surface area contributed by atoms with Gasteiger partial charge in [-0.25, -0.2) is 0 Å². The lowest BCUT2D eigenvalue weighted by Crippen LogP contribution is -2.17. The Kier molecular flexibility index (Phi) is 6.97. The Labute approximate surface area is 119 Å². The minimum Gasteiger partial charge on any atom is -0.490 e. The average molecular weight is 281 g/mol. The van der Waals surface area contributed by atoms with Crippen LogP contribution in [0, 0.1) is 19.3 Å². The van der Waals surface area contributed by atoms with E-state index in [0.29, 0.717) is 43.4 Å². The van der Waals surface area contributed by atoms with Gasteiger partial charge in [0.1, 0.15) is 18.2 Å². The first kappa shape index (κ1) is 16.4. The Bertz CT molecular complexity index is 450. The Hall–Kier alpha value is -1.66. The van der Waals surface area contributed by atoms with Crippen LogP contribution in [0.3, 0.4) is 0 Å². The molecule has 0 atom stereocenters. The van der Waals surface area contributed by atoms with E-state index in [-0.39, 0.29) is 5.84 Å². The quantitative estimate of drug-likeness (QED) is 0.406. The molecule has 0 aliphatic rings. The zero-order valence-electron chi connectivity index (χ0n) is 12.4. The Morgan fingerprint density at radius 2 is 2.00 bits per heavy atom. The van der Waals surface area contributed by atoms with Gasteiger partial charge in [0, 0.05) is 32.1 Å². The molecule has 1 rings (SSSR count). The first-order chi connectivity index (χ1) is 9.56. The second-order valence-corrected chi connectivity index (χ2v) is 4.44. The van der Waals surface area contributed by atoms with Crippen molar-refractivity contribution in [3.8, 4) is 5.75 Å². The number of methoxy groups -OCH3 is 1. The molecule has 1 aromatic heterocycles. The molecule has 0 fully saturated rings. The molecule has 20 heavy (non-hydrogen) atoms. The van der Waals surface area contributed by atoms with E-state index in [2.05, 4.69) is 4.98 Å². The van der Waals surface area contributed by atoms with Crippen LogP contribution in [0.5, 0.6) is 5.75 Å². The van der Waals surface area contributed by atoms with Crippen LogP contribution < -0.4 is 10.5 Å². The monoisotopic (exact) mass is 281 g/mol. The maximum absolute atomic E-state index is 7.59. The highest BCUT2D eigenvalue weighted by Crippen LogP contribution is 2.21. The van der Waals surface area contributed by atoms with Crippen LogP contribution in [-0.2, 0) is 9.47 Å². The van der Waals surface area contributed by atoms with Gasteiger partial charge >= 0.3 is 0 Å². The summed E-state index contributed by atoms with van der Waals surface area (Å²) in [7, 11) is 1.67. The van der Waals surface area contributed by atoms with Crippen molar-refractivity contribution in [3.05, 3.63) is 23.0 Å². The molecule has 112 valence electrons. The van der Waals surface area contributed by atoms with Crippen molar-refractivity contribution < 1.29 is 14.2 Å². The number of rotatable bonds is 9. The summed E-state index contributed by atoms with van der Waals surface area (Å²) in [5.41, 5.74) is 7.66. The summed E-state index contributed by atoms with van der Waals surface area (Å²) >= 11 is 0. The molecule has 0 unspecified atom stereocenters. The zero-order valence-corrected chi connectivity index (χ0v) is 12.4. The molecule has 0 bridgehead atoms. The Morgan fingerprint density at radius 1 is 1.25 bits per heavy atom. The van der Waals surface area contributed by atoms with Crippen molar-refractivity contribution >= 4 is 5.84 Å². The van der Waals surface area contributed by atoms with Crippen molar-refractivity contribution in [2.75, 3.05) is 33.5 Å². The number of hydrogen-bond acceptors (Lipinski definition) is 5. The highest BCUT2D eigenvalue weighted by atomic mass is 16.5. The fraction of sp³-hybridized carbons (Fsp3) is 0.571. The highest BCUT2D eigenvalue weighted by molar-refractivity contribution is 5.98. The summed E-state index contributed by atoms with van der Waals surface area (Å²) in [4.78, 5) is 4.29. The van der Waals surface area contributed by atoms with Crippen LogP contribution in [0.4, 0.5) is 0 Å². The number of nitrogens with two attached hydrogens (primary N) is 1. The van der Waals surface area contributed by atoms with E-state index >= 15 is 0 Å². The van der Waals surface area contributed by atoms with E-state index in [0.717, 1.165) is 12.1 Å². The summed E-state index contributed by atoms with van der Waals surface area (Å²) < 4.78 is 16.0. The zero-order chi connectivity index (χ0) is 15.0. The van der Waals surface area contributed by atoms with Gasteiger partial charge in [0.05, 0.1) is 17.9 Å². The normalized spacial score (nSPS) is 10.6. The predicted molar refractivity (Wildman–Crippen MR) is 77.5 cm³/mol. The average Bonchev–Trinajstić information content (AvgIpc) is 2.36. The standard InChI is InChI=1S/C14H23N3O3/c1-10-9-12(13(14(15)16)11(2)17-10)20-8-7-19-6-4-5-18-3/h9H,4-8H2,1-3H3,(H3,15,16). The van der Waals surface area contributed by atoms with Crippen molar-refractivity contribution in [2.24, 2.45) is 5.73 Å². The smallest absolute Gasteiger partial charge is 0.133 e. The molecule has 6 heteroatoms. The first-order valence-corrected chi connectivity index (χ1v) is 6.58. The minimum atomic E-state index is -0.0361. The van der Waals surface area contributed by atoms with Crippen molar-refractivity contribution in [1.29, 1.82) is 5.41 Å². The number of aromatic nitrogens is 1. The summed E-state index contributed by atoms with van der Waals surface area (Å²) in [6.07, 6.45) is 0.864. The van der Waals surface area contributed by atoms with E-state index in [4.69, 9.17) is 25.4 Å². The molecular weight excluding hydrogens is 258 g/mol. The molecule has 0 radical (unpaired) electrons. The van der Waals surface area contributed by atoms with E-state index in [1.165, 1.54) is 0 Å². The van der Waals surface area contributed by atoms with Gasteiger partial charge in [0.25, 0.3) is 0 Å². The second kappa shape index (κ2) is 8.50. The van der Waals surface area contributed by atoms with Gasteiger partial charge < -0.3 is 19.9 Å². The molecule has 1 aromatic rings. The van der Waals surface area contributed by atoms with Crippen molar-refractivity contribution in [3.63, 3.8) is 0 Å². The number of nitrogens with zero attached hydrogens (tertiary/aromatic N) is 1. The third-order valence-electron chi connectivity index (χ3n) is 2.68. The van der Waals surface area contributed by atoms with Gasteiger partial charge in [0.15, 0.2) is 0 Å². The van der Waals surface area contributed by atoms with E-state index in [9.17, 15) is 0 Å². The number of nitrogens with one attached hydrogen (secondary N) is 1. The van der Waals surface area contributed by atoms with Gasteiger partial charge in [0.2, 0.25) is 0 Å². The van der Waals surface area contributed by atoms with E-state index < -0.39 is 0 Å². The fourth-order valence-corrected chi connectivity index (χ4v) is 1.85. The van der Waals surface area contributed by atoms with Gasteiger partial charge in [-0.2, -0.15) is 0 Å². The summed E-state index contributed by atoms with van der Waals surface area (Å²) in [6.45, 7) is 5.93. The van der Waals surface area contributed by atoms with Gasteiger partial charge in [-0.3, -0.25) is 10.4 Å². The van der Waals surface area contributed by atoms with Crippen LogP contribution >= 0.6 is 0 Å². The molecule has 1 heterocycles. The number of pyridine rings is 1. The topological polar surface area (TPSA) is 90.5 Å². The summed E-state index contributed by atoms with van der Waals surface area (Å²) in [6, 6.07) is 1.79. The van der Waals surface area contributed by atoms with Crippen LogP contribution in [-0.4, -0.2) is 44.4 Å². The molecule has 0 aliphatic carbocycles. The number of ether oxygens (including phenoxy) is 3. The van der Waals surface area contributed by atoms with Crippen LogP contribution in [0.1, 0.15) is 23.4 Å². The lowest BCUT2D eigenvalue weighted by Gasteiger charge is -2.13. The summed E-state index contributed by atoms with van der Waals surface area (Å²) in [5.74, 6) is 0.550. The van der Waals surface area contributed by atoms with E-state index in [1.54, 1.807) is 13.2 Å². The molecule has 0 spiro atoms. The molecule has 0 saturated carbocycles. The number of aryl methyl sites for hydroxylation is 2. The lowest BCUT2D eigenvalue weighted by molar-refractivity contribution is 0.0805. The van der Waals surface area contributed by atoms with Crippen molar-refractivity contribution in [1.82, 2.24) is 4.98 Å². The minimum absolute atomic E-state index is 0.0361. The molecule has 0 amide bonds.